The van der Waals surface area contributed by atoms with Gasteiger partial charge in [-0.15, -0.1) is 0 Å². The van der Waals surface area contributed by atoms with E-state index >= 15 is 0 Å². The lowest BCUT2D eigenvalue weighted by molar-refractivity contribution is -0.137. The summed E-state index contributed by atoms with van der Waals surface area (Å²) in [5, 5.41) is 12.2. The highest BCUT2D eigenvalue weighted by Gasteiger charge is 2.15. The third kappa shape index (κ3) is 4.17. The average Bonchev–Trinajstić information content (AvgIpc) is 2.45. The first-order valence-corrected chi connectivity index (χ1v) is 6.40. The first-order chi connectivity index (χ1) is 9.65. The van der Waals surface area contributed by atoms with Crippen molar-refractivity contribution in [1.82, 2.24) is 5.32 Å². The number of nitrogens with one attached hydrogen (secondary N) is 1. The lowest BCUT2D eigenvalue weighted by Crippen LogP contribution is -2.23. The second kappa shape index (κ2) is 6.82. The standard InChI is InChI=1S/C16H16FNO2/c17-14-8-6-13(7-9-14)15(10-16(19)20)18-11-12-4-2-1-3-5-12/h1-9,15,18H,10-11H2,(H,19,20)/t15-/m1/s1. The molecule has 0 aliphatic heterocycles. The van der Waals surface area contributed by atoms with Gasteiger partial charge in [-0.3, -0.25) is 4.79 Å². The predicted molar refractivity (Wildman–Crippen MR) is 74.7 cm³/mol. The highest BCUT2D eigenvalue weighted by molar-refractivity contribution is 5.67. The number of aliphatic carboxylic acids is 1. The van der Waals surface area contributed by atoms with Crippen LogP contribution in [-0.4, -0.2) is 11.1 Å². The van der Waals surface area contributed by atoms with Crippen LogP contribution in [0, 0.1) is 5.82 Å². The number of carbonyl (C=O) groups is 1. The molecule has 0 saturated carbocycles. The fourth-order valence-electron chi connectivity index (χ4n) is 2.01. The molecule has 1 atom stereocenters. The van der Waals surface area contributed by atoms with Crippen LogP contribution < -0.4 is 5.32 Å². The summed E-state index contributed by atoms with van der Waals surface area (Å²) < 4.78 is 12.9. The minimum atomic E-state index is -0.889. The number of hydrogen-bond acceptors (Lipinski definition) is 2. The summed E-state index contributed by atoms with van der Waals surface area (Å²) in [5.41, 5.74) is 1.84. The summed E-state index contributed by atoms with van der Waals surface area (Å²) in [5.74, 6) is -1.22. The Hall–Kier alpha value is -2.20. The number of carboxylic acid groups (broad SMARTS) is 1. The second-order valence-corrected chi connectivity index (χ2v) is 4.57. The van der Waals surface area contributed by atoms with Crippen LogP contribution in [0.1, 0.15) is 23.6 Å². The zero-order valence-corrected chi connectivity index (χ0v) is 10.9. The highest BCUT2D eigenvalue weighted by Crippen LogP contribution is 2.18. The van der Waals surface area contributed by atoms with Gasteiger partial charge in [0.25, 0.3) is 0 Å². The van der Waals surface area contributed by atoms with E-state index < -0.39 is 5.97 Å². The number of hydrogen-bond donors (Lipinski definition) is 2. The van der Waals surface area contributed by atoms with Gasteiger partial charge in [0.1, 0.15) is 5.82 Å². The molecule has 2 aromatic rings. The third-order valence-corrected chi connectivity index (χ3v) is 3.05. The van der Waals surface area contributed by atoms with Crippen molar-refractivity contribution in [1.29, 1.82) is 0 Å². The molecule has 0 bridgehead atoms. The van der Waals surface area contributed by atoms with Crippen molar-refractivity contribution >= 4 is 5.97 Å². The molecule has 0 aliphatic rings. The first-order valence-electron chi connectivity index (χ1n) is 6.40. The Labute approximate surface area is 117 Å². The molecule has 0 aliphatic carbocycles. The van der Waals surface area contributed by atoms with Crippen LogP contribution in [0.2, 0.25) is 0 Å². The van der Waals surface area contributed by atoms with Crippen molar-refractivity contribution in [3.8, 4) is 0 Å². The normalized spacial score (nSPS) is 12.1. The van der Waals surface area contributed by atoms with E-state index in [2.05, 4.69) is 5.32 Å². The Balaban J connectivity index is 2.07. The Bertz CT molecular complexity index is 554. The number of rotatable bonds is 6. The first kappa shape index (κ1) is 14.2. The van der Waals surface area contributed by atoms with Crippen LogP contribution in [0.5, 0.6) is 0 Å². The van der Waals surface area contributed by atoms with E-state index in [1.54, 1.807) is 12.1 Å². The Morgan fingerprint density at radius 1 is 1.10 bits per heavy atom. The fraction of sp³-hybridized carbons (Fsp3) is 0.188. The van der Waals surface area contributed by atoms with Crippen molar-refractivity contribution in [3.63, 3.8) is 0 Å². The second-order valence-electron chi connectivity index (χ2n) is 4.57. The molecule has 0 unspecified atom stereocenters. The van der Waals surface area contributed by atoms with E-state index in [0.29, 0.717) is 6.54 Å². The number of benzene rings is 2. The van der Waals surface area contributed by atoms with Gasteiger partial charge in [-0.1, -0.05) is 42.5 Å². The molecule has 4 heteroatoms. The molecule has 2 rings (SSSR count). The molecule has 0 aromatic heterocycles. The van der Waals surface area contributed by atoms with E-state index in [0.717, 1.165) is 11.1 Å². The summed E-state index contributed by atoms with van der Waals surface area (Å²) in [4.78, 5) is 10.9. The van der Waals surface area contributed by atoms with Crippen molar-refractivity contribution in [2.75, 3.05) is 0 Å². The smallest absolute Gasteiger partial charge is 0.305 e. The Morgan fingerprint density at radius 3 is 2.35 bits per heavy atom. The molecule has 2 aromatic carbocycles. The fourth-order valence-corrected chi connectivity index (χ4v) is 2.01. The predicted octanol–water partition coefficient (Wildman–Crippen LogP) is 3.13. The molecular formula is C16H16FNO2. The monoisotopic (exact) mass is 273 g/mol. The maximum absolute atomic E-state index is 12.9. The van der Waals surface area contributed by atoms with Gasteiger partial charge in [-0.05, 0) is 23.3 Å². The molecule has 0 heterocycles. The average molecular weight is 273 g/mol. The van der Waals surface area contributed by atoms with Gasteiger partial charge in [0.05, 0.1) is 6.42 Å². The highest BCUT2D eigenvalue weighted by atomic mass is 19.1. The van der Waals surface area contributed by atoms with Gasteiger partial charge in [-0.2, -0.15) is 0 Å². The van der Waals surface area contributed by atoms with Crippen molar-refractivity contribution in [2.45, 2.75) is 19.0 Å². The summed E-state index contributed by atoms with van der Waals surface area (Å²) in [6.07, 6.45) is -0.0432. The summed E-state index contributed by atoms with van der Waals surface area (Å²) in [7, 11) is 0. The quantitative estimate of drug-likeness (QED) is 0.850. The number of halogens is 1. The van der Waals surface area contributed by atoms with E-state index in [9.17, 15) is 9.18 Å². The lowest BCUT2D eigenvalue weighted by atomic mass is 10.0. The Morgan fingerprint density at radius 2 is 1.75 bits per heavy atom. The topological polar surface area (TPSA) is 49.3 Å². The number of carboxylic acids is 1. The summed E-state index contributed by atoms with van der Waals surface area (Å²) in [6.45, 7) is 0.566. The molecule has 0 radical (unpaired) electrons. The van der Waals surface area contributed by atoms with Crippen molar-refractivity contribution < 1.29 is 14.3 Å². The van der Waals surface area contributed by atoms with Crippen LogP contribution in [0.15, 0.2) is 54.6 Å². The van der Waals surface area contributed by atoms with Gasteiger partial charge in [-0.25, -0.2) is 4.39 Å². The minimum absolute atomic E-state index is 0.0432. The molecule has 0 spiro atoms. The van der Waals surface area contributed by atoms with E-state index in [1.807, 2.05) is 30.3 Å². The molecule has 104 valence electrons. The van der Waals surface area contributed by atoms with Gasteiger partial charge in [0.15, 0.2) is 0 Å². The molecular weight excluding hydrogens is 257 g/mol. The van der Waals surface area contributed by atoms with Crippen LogP contribution in [-0.2, 0) is 11.3 Å². The molecule has 0 fully saturated rings. The van der Waals surface area contributed by atoms with E-state index in [4.69, 9.17) is 5.11 Å². The molecule has 0 saturated heterocycles. The summed E-state index contributed by atoms with van der Waals surface area (Å²) in [6, 6.07) is 15.3. The molecule has 0 amide bonds. The molecule has 20 heavy (non-hydrogen) atoms. The largest absolute Gasteiger partial charge is 0.481 e. The van der Waals surface area contributed by atoms with Crippen LogP contribution in [0.4, 0.5) is 4.39 Å². The van der Waals surface area contributed by atoms with E-state index in [-0.39, 0.29) is 18.3 Å². The molecule has 3 nitrogen and oxygen atoms in total. The summed E-state index contributed by atoms with van der Waals surface area (Å²) >= 11 is 0. The van der Waals surface area contributed by atoms with E-state index in [1.165, 1.54) is 12.1 Å². The van der Waals surface area contributed by atoms with Gasteiger partial charge < -0.3 is 10.4 Å². The molecule has 2 N–H and O–H groups in total. The van der Waals surface area contributed by atoms with Crippen LogP contribution in [0.25, 0.3) is 0 Å². The SMILES string of the molecule is O=C(O)C[C@@H](NCc1ccccc1)c1ccc(F)cc1. The minimum Gasteiger partial charge on any atom is -0.481 e. The van der Waals surface area contributed by atoms with Gasteiger partial charge in [0.2, 0.25) is 0 Å². The van der Waals surface area contributed by atoms with Gasteiger partial charge in [0, 0.05) is 12.6 Å². The van der Waals surface area contributed by atoms with Gasteiger partial charge >= 0.3 is 5.97 Å². The van der Waals surface area contributed by atoms with Crippen LogP contribution in [0.3, 0.4) is 0 Å². The zero-order chi connectivity index (χ0) is 14.4. The van der Waals surface area contributed by atoms with Crippen molar-refractivity contribution in [2.24, 2.45) is 0 Å². The third-order valence-electron chi connectivity index (χ3n) is 3.05. The Kier molecular flexibility index (Phi) is 4.85. The zero-order valence-electron chi connectivity index (χ0n) is 10.9. The maximum atomic E-state index is 12.9. The van der Waals surface area contributed by atoms with Crippen LogP contribution >= 0.6 is 0 Å². The lowest BCUT2D eigenvalue weighted by Gasteiger charge is -2.17. The maximum Gasteiger partial charge on any atom is 0.305 e. The van der Waals surface area contributed by atoms with Crippen molar-refractivity contribution in [3.05, 3.63) is 71.5 Å².